The average Bonchev–Trinajstić information content (AvgIpc) is 2.26. The van der Waals surface area contributed by atoms with Crippen molar-refractivity contribution in [2.75, 3.05) is 5.32 Å². The fourth-order valence-corrected chi connectivity index (χ4v) is 3.16. The van der Waals surface area contributed by atoms with Gasteiger partial charge in [-0.15, -0.1) is 0 Å². The van der Waals surface area contributed by atoms with E-state index in [1.807, 2.05) is 12.1 Å². The highest BCUT2D eigenvalue weighted by Gasteiger charge is 2.25. The standard InChI is InChI=1S/C15H22ClN/c1-10-7-8-14(12(3)9-10)17-15-11(2)5-4-6-13(15)16/h4-6,10,12,14,17H,7-9H2,1-3H3. The second-order valence-electron chi connectivity index (χ2n) is 5.58. The summed E-state index contributed by atoms with van der Waals surface area (Å²) in [7, 11) is 0. The van der Waals surface area contributed by atoms with Crippen molar-refractivity contribution >= 4 is 17.3 Å². The highest BCUT2D eigenvalue weighted by Crippen LogP contribution is 2.33. The minimum absolute atomic E-state index is 0.574. The second-order valence-corrected chi connectivity index (χ2v) is 5.99. The van der Waals surface area contributed by atoms with E-state index in [4.69, 9.17) is 11.6 Å². The first-order valence-electron chi connectivity index (χ1n) is 6.59. The molecule has 17 heavy (non-hydrogen) atoms. The lowest BCUT2D eigenvalue weighted by Gasteiger charge is -2.34. The largest absolute Gasteiger partial charge is 0.381 e. The van der Waals surface area contributed by atoms with E-state index in [0.29, 0.717) is 6.04 Å². The molecule has 0 saturated heterocycles. The molecule has 0 heterocycles. The van der Waals surface area contributed by atoms with Crippen LogP contribution in [-0.2, 0) is 0 Å². The van der Waals surface area contributed by atoms with Crippen LogP contribution in [0.25, 0.3) is 0 Å². The van der Waals surface area contributed by atoms with Crippen LogP contribution in [0.2, 0.25) is 5.02 Å². The van der Waals surface area contributed by atoms with Crippen LogP contribution < -0.4 is 5.32 Å². The van der Waals surface area contributed by atoms with Crippen molar-refractivity contribution < 1.29 is 0 Å². The Morgan fingerprint density at radius 2 is 2.00 bits per heavy atom. The van der Waals surface area contributed by atoms with Gasteiger partial charge in [-0.3, -0.25) is 0 Å². The molecule has 0 amide bonds. The molecule has 2 rings (SSSR count). The van der Waals surface area contributed by atoms with Crippen molar-refractivity contribution in [1.29, 1.82) is 0 Å². The summed E-state index contributed by atoms with van der Waals surface area (Å²) >= 11 is 6.26. The summed E-state index contributed by atoms with van der Waals surface area (Å²) in [5.74, 6) is 1.60. The molecule has 2 heteroatoms. The molecule has 1 N–H and O–H groups in total. The first-order valence-corrected chi connectivity index (χ1v) is 6.97. The Hall–Kier alpha value is -0.690. The SMILES string of the molecule is Cc1cccc(Cl)c1NC1CCC(C)CC1C. The number of benzene rings is 1. The molecule has 1 fully saturated rings. The average molecular weight is 252 g/mol. The number of para-hydroxylation sites is 1. The van der Waals surface area contributed by atoms with Crippen LogP contribution in [-0.4, -0.2) is 6.04 Å². The zero-order valence-corrected chi connectivity index (χ0v) is 11.7. The molecule has 0 aromatic heterocycles. The normalized spacial score (nSPS) is 29.1. The van der Waals surface area contributed by atoms with Crippen molar-refractivity contribution in [1.82, 2.24) is 0 Å². The van der Waals surface area contributed by atoms with Gasteiger partial charge in [0.05, 0.1) is 10.7 Å². The van der Waals surface area contributed by atoms with E-state index in [0.717, 1.165) is 22.5 Å². The van der Waals surface area contributed by atoms with Gasteiger partial charge in [0.25, 0.3) is 0 Å². The van der Waals surface area contributed by atoms with E-state index in [1.165, 1.54) is 24.8 Å². The third-order valence-electron chi connectivity index (χ3n) is 3.98. The van der Waals surface area contributed by atoms with E-state index in [9.17, 15) is 0 Å². The van der Waals surface area contributed by atoms with Gasteiger partial charge in [-0.05, 0) is 49.7 Å². The maximum absolute atomic E-state index is 6.26. The monoisotopic (exact) mass is 251 g/mol. The maximum Gasteiger partial charge on any atom is 0.0640 e. The summed E-state index contributed by atoms with van der Waals surface area (Å²) in [4.78, 5) is 0. The van der Waals surface area contributed by atoms with Crippen LogP contribution >= 0.6 is 11.6 Å². The van der Waals surface area contributed by atoms with Crippen LogP contribution in [0.5, 0.6) is 0 Å². The smallest absolute Gasteiger partial charge is 0.0640 e. The van der Waals surface area contributed by atoms with Crippen molar-refractivity contribution in [2.45, 2.75) is 46.1 Å². The summed E-state index contributed by atoms with van der Waals surface area (Å²) in [6.45, 7) is 6.82. The number of nitrogens with one attached hydrogen (secondary N) is 1. The molecule has 1 nitrogen and oxygen atoms in total. The molecule has 1 aromatic rings. The summed E-state index contributed by atoms with van der Waals surface area (Å²) in [6.07, 6.45) is 3.90. The highest BCUT2D eigenvalue weighted by molar-refractivity contribution is 6.33. The first-order chi connectivity index (χ1) is 8.08. The topological polar surface area (TPSA) is 12.0 Å². The van der Waals surface area contributed by atoms with Gasteiger partial charge in [0.15, 0.2) is 0 Å². The van der Waals surface area contributed by atoms with E-state index < -0.39 is 0 Å². The first kappa shape index (κ1) is 12.8. The third kappa shape index (κ3) is 2.95. The summed E-state index contributed by atoms with van der Waals surface area (Å²) in [5.41, 5.74) is 2.36. The third-order valence-corrected chi connectivity index (χ3v) is 4.30. The Bertz CT molecular complexity index is 368. The van der Waals surface area contributed by atoms with E-state index in [2.05, 4.69) is 32.2 Å². The Morgan fingerprint density at radius 1 is 1.24 bits per heavy atom. The van der Waals surface area contributed by atoms with Crippen molar-refractivity contribution in [3.8, 4) is 0 Å². The van der Waals surface area contributed by atoms with Crippen LogP contribution in [0.3, 0.4) is 0 Å². The predicted molar refractivity (Wildman–Crippen MR) is 75.8 cm³/mol. The number of hydrogen-bond donors (Lipinski definition) is 1. The maximum atomic E-state index is 6.26. The van der Waals surface area contributed by atoms with Crippen molar-refractivity contribution in [3.05, 3.63) is 28.8 Å². The molecule has 0 bridgehead atoms. The molecule has 1 aliphatic carbocycles. The zero-order chi connectivity index (χ0) is 12.4. The molecule has 3 unspecified atom stereocenters. The molecule has 0 radical (unpaired) electrons. The Balaban J connectivity index is 2.10. The molecular formula is C15H22ClN. The van der Waals surface area contributed by atoms with Crippen molar-refractivity contribution in [3.63, 3.8) is 0 Å². The Labute approximate surface area is 110 Å². The van der Waals surface area contributed by atoms with Crippen LogP contribution in [0.4, 0.5) is 5.69 Å². The van der Waals surface area contributed by atoms with Crippen LogP contribution in [0.1, 0.15) is 38.7 Å². The lowest BCUT2D eigenvalue weighted by molar-refractivity contribution is 0.276. The molecule has 0 aliphatic heterocycles. The van der Waals surface area contributed by atoms with E-state index in [-0.39, 0.29) is 0 Å². The molecule has 94 valence electrons. The highest BCUT2D eigenvalue weighted by atomic mass is 35.5. The van der Waals surface area contributed by atoms with Gasteiger partial charge in [0.2, 0.25) is 0 Å². The molecule has 1 aliphatic rings. The zero-order valence-electron chi connectivity index (χ0n) is 11.0. The van der Waals surface area contributed by atoms with Crippen LogP contribution in [0, 0.1) is 18.8 Å². The lowest BCUT2D eigenvalue weighted by atomic mass is 9.80. The summed E-state index contributed by atoms with van der Waals surface area (Å²) in [5, 5.41) is 4.50. The number of aryl methyl sites for hydroxylation is 1. The minimum atomic E-state index is 0.574. The quantitative estimate of drug-likeness (QED) is 0.790. The summed E-state index contributed by atoms with van der Waals surface area (Å²) in [6, 6.07) is 6.66. The number of rotatable bonds is 2. The fourth-order valence-electron chi connectivity index (χ4n) is 2.88. The minimum Gasteiger partial charge on any atom is -0.381 e. The number of anilines is 1. The van der Waals surface area contributed by atoms with Gasteiger partial charge < -0.3 is 5.32 Å². The van der Waals surface area contributed by atoms with E-state index >= 15 is 0 Å². The Kier molecular flexibility index (Phi) is 3.98. The molecule has 3 atom stereocenters. The summed E-state index contributed by atoms with van der Waals surface area (Å²) < 4.78 is 0. The fraction of sp³-hybridized carbons (Fsp3) is 0.600. The molecule has 0 spiro atoms. The molecule has 1 saturated carbocycles. The second kappa shape index (κ2) is 5.30. The van der Waals surface area contributed by atoms with Crippen LogP contribution in [0.15, 0.2) is 18.2 Å². The van der Waals surface area contributed by atoms with Gasteiger partial charge in [-0.2, -0.15) is 0 Å². The van der Waals surface area contributed by atoms with Gasteiger partial charge in [0, 0.05) is 6.04 Å². The van der Waals surface area contributed by atoms with Gasteiger partial charge in [-0.25, -0.2) is 0 Å². The number of hydrogen-bond acceptors (Lipinski definition) is 1. The molecular weight excluding hydrogens is 230 g/mol. The molecule has 1 aromatic carbocycles. The van der Waals surface area contributed by atoms with Crippen molar-refractivity contribution in [2.24, 2.45) is 11.8 Å². The number of halogens is 1. The van der Waals surface area contributed by atoms with Gasteiger partial charge in [0.1, 0.15) is 0 Å². The lowest BCUT2D eigenvalue weighted by Crippen LogP contribution is -2.33. The van der Waals surface area contributed by atoms with E-state index in [1.54, 1.807) is 0 Å². The van der Waals surface area contributed by atoms with Gasteiger partial charge >= 0.3 is 0 Å². The Morgan fingerprint density at radius 3 is 2.65 bits per heavy atom. The van der Waals surface area contributed by atoms with Gasteiger partial charge in [-0.1, -0.05) is 37.6 Å². The predicted octanol–water partition coefficient (Wildman–Crippen LogP) is 4.89.